The van der Waals surface area contributed by atoms with Gasteiger partial charge in [-0.25, -0.2) is 4.39 Å². The average molecular weight is 320 g/mol. The molecule has 0 fully saturated rings. The van der Waals surface area contributed by atoms with Crippen molar-refractivity contribution in [2.24, 2.45) is 0 Å². The zero-order valence-corrected chi connectivity index (χ0v) is 13.4. The summed E-state index contributed by atoms with van der Waals surface area (Å²) in [6, 6.07) is 9.82. The highest BCUT2D eigenvalue weighted by molar-refractivity contribution is 7.80. The number of halogens is 1. The van der Waals surface area contributed by atoms with Gasteiger partial charge >= 0.3 is 0 Å². The van der Waals surface area contributed by atoms with Gasteiger partial charge in [-0.2, -0.15) is 0 Å². The molecule has 2 aromatic carbocycles. The van der Waals surface area contributed by atoms with Gasteiger partial charge in [0.1, 0.15) is 17.3 Å². The molecule has 6 heteroatoms. The van der Waals surface area contributed by atoms with Gasteiger partial charge in [-0.15, -0.1) is 0 Å². The van der Waals surface area contributed by atoms with Crippen molar-refractivity contribution in [2.45, 2.75) is 6.92 Å². The number of aryl methyl sites for hydroxylation is 1. The second-order valence-corrected chi connectivity index (χ2v) is 5.01. The molecule has 116 valence electrons. The fourth-order valence-corrected chi connectivity index (χ4v) is 2.17. The highest BCUT2D eigenvalue weighted by Gasteiger charge is 2.08. The summed E-state index contributed by atoms with van der Waals surface area (Å²) in [6.07, 6.45) is 0. The summed E-state index contributed by atoms with van der Waals surface area (Å²) in [5, 5.41) is 6.46. The Hall–Kier alpha value is -2.34. The first-order valence-electron chi connectivity index (χ1n) is 6.59. The van der Waals surface area contributed by atoms with Crippen molar-refractivity contribution in [3.05, 3.63) is 47.8 Å². The molecule has 0 aromatic heterocycles. The summed E-state index contributed by atoms with van der Waals surface area (Å²) in [7, 11) is 3.16. The molecule has 2 rings (SSSR count). The predicted molar refractivity (Wildman–Crippen MR) is 90.5 cm³/mol. The zero-order chi connectivity index (χ0) is 16.1. The third-order valence-corrected chi connectivity index (χ3v) is 3.30. The Kier molecular flexibility index (Phi) is 5.16. The molecular formula is C16H17FN2O2S. The van der Waals surface area contributed by atoms with Crippen LogP contribution in [0.4, 0.5) is 15.8 Å². The van der Waals surface area contributed by atoms with Crippen LogP contribution in [0.1, 0.15) is 5.56 Å². The van der Waals surface area contributed by atoms with E-state index in [4.69, 9.17) is 21.7 Å². The van der Waals surface area contributed by atoms with Crippen LogP contribution in [-0.2, 0) is 0 Å². The van der Waals surface area contributed by atoms with Crippen molar-refractivity contribution >= 4 is 28.7 Å². The number of hydrogen-bond acceptors (Lipinski definition) is 3. The monoisotopic (exact) mass is 320 g/mol. The summed E-state index contributed by atoms with van der Waals surface area (Å²) < 4.78 is 23.6. The van der Waals surface area contributed by atoms with Gasteiger partial charge in [-0.3, -0.25) is 0 Å². The van der Waals surface area contributed by atoms with Crippen LogP contribution < -0.4 is 20.1 Å². The molecule has 22 heavy (non-hydrogen) atoms. The van der Waals surface area contributed by atoms with Crippen LogP contribution in [0, 0.1) is 12.7 Å². The lowest BCUT2D eigenvalue weighted by Gasteiger charge is -2.15. The summed E-state index contributed by atoms with van der Waals surface area (Å²) in [6.45, 7) is 1.81. The van der Waals surface area contributed by atoms with Crippen LogP contribution in [0.2, 0.25) is 0 Å². The number of rotatable bonds is 4. The van der Waals surface area contributed by atoms with Crippen molar-refractivity contribution in [3.8, 4) is 11.5 Å². The minimum atomic E-state index is -0.281. The van der Waals surface area contributed by atoms with Gasteiger partial charge in [0, 0.05) is 11.8 Å². The number of anilines is 2. The van der Waals surface area contributed by atoms with E-state index in [2.05, 4.69) is 10.6 Å². The number of benzene rings is 2. The molecule has 4 nitrogen and oxygen atoms in total. The largest absolute Gasteiger partial charge is 0.497 e. The van der Waals surface area contributed by atoms with Gasteiger partial charge in [0.15, 0.2) is 5.11 Å². The molecule has 0 unspecified atom stereocenters. The molecule has 0 radical (unpaired) electrons. The lowest BCUT2D eigenvalue weighted by Crippen LogP contribution is -2.20. The van der Waals surface area contributed by atoms with E-state index >= 15 is 0 Å². The van der Waals surface area contributed by atoms with Gasteiger partial charge in [0.25, 0.3) is 0 Å². The Morgan fingerprint density at radius 2 is 1.73 bits per heavy atom. The maximum atomic E-state index is 13.1. The van der Waals surface area contributed by atoms with Gasteiger partial charge < -0.3 is 20.1 Å². The van der Waals surface area contributed by atoms with Gasteiger partial charge in [-0.05, 0) is 55.0 Å². The van der Waals surface area contributed by atoms with Crippen LogP contribution in [0.15, 0.2) is 36.4 Å². The Labute approximate surface area is 134 Å². The van der Waals surface area contributed by atoms with E-state index in [0.717, 1.165) is 11.3 Å². The molecule has 0 heterocycles. The van der Waals surface area contributed by atoms with E-state index in [9.17, 15) is 4.39 Å². The maximum absolute atomic E-state index is 13.1. The first-order valence-corrected chi connectivity index (χ1v) is 7.00. The smallest absolute Gasteiger partial charge is 0.175 e. The van der Waals surface area contributed by atoms with E-state index < -0.39 is 0 Å². The number of hydrogen-bond donors (Lipinski definition) is 2. The molecule has 0 aliphatic carbocycles. The van der Waals surface area contributed by atoms with E-state index in [-0.39, 0.29) is 5.82 Å². The van der Waals surface area contributed by atoms with Crippen molar-refractivity contribution in [3.63, 3.8) is 0 Å². The molecular weight excluding hydrogens is 303 g/mol. The van der Waals surface area contributed by atoms with Crippen LogP contribution in [0.25, 0.3) is 0 Å². The highest BCUT2D eigenvalue weighted by atomic mass is 32.1. The Bertz CT molecular complexity index is 692. The lowest BCUT2D eigenvalue weighted by molar-refractivity contribution is 0.405. The molecule has 0 aliphatic rings. The summed E-state index contributed by atoms with van der Waals surface area (Å²) in [5.41, 5.74) is 2.18. The third-order valence-electron chi connectivity index (χ3n) is 3.09. The normalized spacial score (nSPS) is 10.0. The lowest BCUT2D eigenvalue weighted by atomic mass is 10.2. The summed E-state index contributed by atoms with van der Waals surface area (Å²) >= 11 is 5.29. The standard InChI is InChI=1S/C16H17FN2O2S/c1-10-8-11(17)4-6-13(10)18-16(22)19-14-9-12(20-2)5-7-15(14)21-3/h4-9H,1-3H3,(H2,18,19,22). The first kappa shape index (κ1) is 16.0. The fourth-order valence-electron chi connectivity index (χ4n) is 1.95. The van der Waals surface area contributed by atoms with Crippen molar-refractivity contribution in [1.29, 1.82) is 0 Å². The minimum Gasteiger partial charge on any atom is -0.497 e. The van der Waals surface area contributed by atoms with Crippen LogP contribution in [0.5, 0.6) is 11.5 Å². The van der Waals surface area contributed by atoms with Crippen molar-refractivity contribution in [1.82, 2.24) is 0 Å². The summed E-state index contributed by atoms with van der Waals surface area (Å²) in [5.74, 6) is 1.04. The third kappa shape index (κ3) is 3.85. The van der Waals surface area contributed by atoms with Gasteiger partial charge in [0.2, 0.25) is 0 Å². The molecule has 0 amide bonds. The first-order chi connectivity index (χ1) is 10.5. The Morgan fingerprint density at radius 3 is 2.36 bits per heavy atom. The van der Waals surface area contributed by atoms with Gasteiger partial charge in [0.05, 0.1) is 19.9 Å². The van der Waals surface area contributed by atoms with E-state index in [1.807, 2.05) is 0 Å². The van der Waals surface area contributed by atoms with E-state index in [1.54, 1.807) is 45.4 Å². The van der Waals surface area contributed by atoms with Gasteiger partial charge in [-0.1, -0.05) is 0 Å². The predicted octanol–water partition coefficient (Wildman–Crippen LogP) is 3.96. The number of ether oxygens (including phenoxy) is 2. The molecule has 0 saturated heterocycles. The Balaban J connectivity index is 2.14. The SMILES string of the molecule is COc1ccc(OC)c(NC(=S)Nc2ccc(F)cc2C)c1. The van der Waals surface area contributed by atoms with E-state index in [0.29, 0.717) is 22.3 Å². The van der Waals surface area contributed by atoms with Crippen LogP contribution in [-0.4, -0.2) is 19.3 Å². The molecule has 0 aliphatic heterocycles. The second kappa shape index (κ2) is 7.09. The summed E-state index contributed by atoms with van der Waals surface area (Å²) in [4.78, 5) is 0. The molecule has 0 saturated carbocycles. The fraction of sp³-hybridized carbons (Fsp3) is 0.188. The molecule has 0 spiro atoms. The second-order valence-electron chi connectivity index (χ2n) is 4.60. The topological polar surface area (TPSA) is 42.5 Å². The number of methoxy groups -OCH3 is 2. The van der Waals surface area contributed by atoms with Crippen LogP contribution >= 0.6 is 12.2 Å². The van der Waals surface area contributed by atoms with E-state index in [1.165, 1.54) is 12.1 Å². The van der Waals surface area contributed by atoms with Crippen LogP contribution in [0.3, 0.4) is 0 Å². The van der Waals surface area contributed by atoms with Crippen molar-refractivity contribution < 1.29 is 13.9 Å². The zero-order valence-electron chi connectivity index (χ0n) is 12.6. The maximum Gasteiger partial charge on any atom is 0.175 e. The molecule has 0 bridgehead atoms. The minimum absolute atomic E-state index is 0.281. The highest BCUT2D eigenvalue weighted by Crippen LogP contribution is 2.29. The average Bonchev–Trinajstić information content (AvgIpc) is 2.50. The Morgan fingerprint density at radius 1 is 1.00 bits per heavy atom. The molecule has 2 aromatic rings. The number of thiocarbonyl (C=S) groups is 1. The van der Waals surface area contributed by atoms with Crippen molar-refractivity contribution in [2.75, 3.05) is 24.9 Å². The number of nitrogens with one attached hydrogen (secondary N) is 2. The quantitative estimate of drug-likeness (QED) is 0.835. The molecule has 2 N–H and O–H groups in total. The molecule has 0 atom stereocenters.